The molecule has 32 heavy (non-hydrogen) atoms. The van der Waals surface area contributed by atoms with Crippen LogP contribution in [-0.4, -0.2) is 66.3 Å². The minimum atomic E-state index is -0.0559. The summed E-state index contributed by atoms with van der Waals surface area (Å²) in [4.78, 5) is 16.9. The molecule has 4 rings (SSSR count). The number of fused-ring (bicyclic) bond motifs is 1. The van der Waals surface area contributed by atoms with E-state index < -0.39 is 0 Å². The van der Waals surface area contributed by atoms with Crippen molar-refractivity contribution in [2.75, 3.05) is 39.5 Å². The number of piperazine rings is 1. The van der Waals surface area contributed by atoms with Crippen LogP contribution in [0.4, 0.5) is 0 Å². The fraction of sp³-hybridized carbons (Fsp3) is 0.480. The summed E-state index contributed by atoms with van der Waals surface area (Å²) in [6.45, 7) is 7.92. The van der Waals surface area contributed by atoms with Crippen molar-refractivity contribution < 1.29 is 19.4 Å². The van der Waals surface area contributed by atoms with Gasteiger partial charge in [-0.05, 0) is 41.8 Å². The third kappa shape index (κ3) is 5.59. The van der Waals surface area contributed by atoms with Gasteiger partial charge in [0.2, 0.25) is 5.91 Å². The van der Waals surface area contributed by atoms with E-state index in [0.717, 1.165) is 50.6 Å². The highest BCUT2D eigenvalue weighted by Crippen LogP contribution is 2.27. The first-order valence-corrected chi connectivity index (χ1v) is 11.5. The lowest BCUT2D eigenvalue weighted by molar-refractivity contribution is -0.129. The molecule has 172 valence electrons. The Bertz CT molecular complexity index is 903. The number of ether oxygens (including phenoxy) is 2. The van der Waals surface area contributed by atoms with Crippen LogP contribution in [0.5, 0.6) is 11.5 Å². The summed E-state index contributed by atoms with van der Waals surface area (Å²) in [7, 11) is 0. The van der Waals surface area contributed by atoms with Gasteiger partial charge in [-0.1, -0.05) is 25.1 Å². The Morgan fingerprint density at radius 1 is 1.12 bits per heavy atom. The minimum absolute atomic E-state index is 0.0149. The Labute approximate surface area is 189 Å². The molecular formula is C25H33N3O4. The van der Waals surface area contributed by atoms with Gasteiger partial charge < -0.3 is 19.9 Å². The van der Waals surface area contributed by atoms with E-state index in [2.05, 4.69) is 52.4 Å². The van der Waals surface area contributed by atoms with Gasteiger partial charge in [-0.25, -0.2) is 0 Å². The average molecular weight is 440 g/mol. The molecule has 1 amide bonds. The number of rotatable bonds is 8. The van der Waals surface area contributed by atoms with Crippen molar-refractivity contribution in [2.24, 2.45) is 0 Å². The fourth-order valence-corrected chi connectivity index (χ4v) is 4.48. The molecule has 2 aliphatic heterocycles. The predicted molar refractivity (Wildman–Crippen MR) is 123 cm³/mol. The third-order valence-electron chi connectivity index (χ3n) is 6.09. The van der Waals surface area contributed by atoms with Gasteiger partial charge in [0.25, 0.3) is 0 Å². The molecule has 0 radical (unpaired) electrons. The van der Waals surface area contributed by atoms with E-state index in [1.54, 1.807) is 0 Å². The number of benzene rings is 2. The standard InChI is InChI=1S/C25H33N3O4/c1-2-23-25(30)26-9-10-28(23)17-20-5-8-24-21(15-20)18-27(11-13-32-24)16-19-3-6-22(7-4-19)31-14-12-29/h3-8,15,23,29H,2,9-14,16-18H2,1H3,(H,26,30). The van der Waals surface area contributed by atoms with Gasteiger partial charge in [0.15, 0.2) is 0 Å². The third-order valence-corrected chi connectivity index (χ3v) is 6.09. The second kappa shape index (κ2) is 10.8. The van der Waals surface area contributed by atoms with E-state index in [9.17, 15) is 4.79 Å². The highest BCUT2D eigenvalue weighted by molar-refractivity contribution is 5.82. The molecule has 1 atom stereocenters. The molecule has 7 nitrogen and oxygen atoms in total. The topological polar surface area (TPSA) is 74.3 Å². The Hall–Kier alpha value is -2.61. The van der Waals surface area contributed by atoms with Crippen LogP contribution in [-0.2, 0) is 24.4 Å². The number of hydrogen-bond acceptors (Lipinski definition) is 6. The normalized spacial score (nSPS) is 19.6. The van der Waals surface area contributed by atoms with Crippen LogP contribution in [0.3, 0.4) is 0 Å². The van der Waals surface area contributed by atoms with Crippen LogP contribution in [0.15, 0.2) is 42.5 Å². The first kappa shape index (κ1) is 22.6. The maximum Gasteiger partial charge on any atom is 0.237 e. The lowest BCUT2D eigenvalue weighted by Gasteiger charge is -2.34. The highest BCUT2D eigenvalue weighted by Gasteiger charge is 2.28. The smallest absolute Gasteiger partial charge is 0.237 e. The molecule has 0 spiro atoms. The molecule has 0 aromatic heterocycles. The van der Waals surface area contributed by atoms with Gasteiger partial charge in [-0.15, -0.1) is 0 Å². The summed E-state index contributed by atoms with van der Waals surface area (Å²) >= 11 is 0. The SMILES string of the molecule is CCC1C(=O)NCCN1Cc1ccc2c(c1)CN(Cc1ccc(OCCO)cc1)CCO2. The second-order valence-electron chi connectivity index (χ2n) is 8.40. The van der Waals surface area contributed by atoms with Crippen molar-refractivity contribution >= 4 is 5.91 Å². The van der Waals surface area contributed by atoms with Crippen LogP contribution < -0.4 is 14.8 Å². The molecule has 0 saturated carbocycles. The van der Waals surface area contributed by atoms with Gasteiger partial charge in [0.1, 0.15) is 24.7 Å². The fourth-order valence-electron chi connectivity index (χ4n) is 4.48. The zero-order valence-corrected chi connectivity index (χ0v) is 18.8. The second-order valence-corrected chi connectivity index (χ2v) is 8.40. The lowest BCUT2D eigenvalue weighted by Crippen LogP contribution is -2.54. The van der Waals surface area contributed by atoms with Crippen LogP contribution in [0.2, 0.25) is 0 Å². The van der Waals surface area contributed by atoms with Crippen molar-refractivity contribution in [1.29, 1.82) is 0 Å². The van der Waals surface area contributed by atoms with E-state index >= 15 is 0 Å². The first-order valence-electron chi connectivity index (χ1n) is 11.5. The summed E-state index contributed by atoms with van der Waals surface area (Å²) in [5.74, 6) is 1.86. The quantitative estimate of drug-likeness (QED) is 0.657. The molecular weight excluding hydrogens is 406 g/mol. The molecule has 7 heteroatoms. The van der Waals surface area contributed by atoms with Gasteiger partial charge >= 0.3 is 0 Å². The summed E-state index contributed by atoms with van der Waals surface area (Å²) in [6, 6.07) is 14.4. The van der Waals surface area contributed by atoms with Gasteiger partial charge in [-0.2, -0.15) is 0 Å². The largest absolute Gasteiger partial charge is 0.492 e. The van der Waals surface area contributed by atoms with Crippen molar-refractivity contribution in [3.05, 3.63) is 59.2 Å². The summed E-state index contributed by atoms with van der Waals surface area (Å²) in [5, 5.41) is 11.9. The zero-order valence-electron chi connectivity index (χ0n) is 18.8. The Morgan fingerprint density at radius 3 is 2.72 bits per heavy atom. The molecule has 2 heterocycles. The number of carbonyl (C=O) groups is 1. The number of carbonyl (C=O) groups excluding carboxylic acids is 1. The van der Waals surface area contributed by atoms with E-state index in [4.69, 9.17) is 14.6 Å². The predicted octanol–water partition coefficient (Wildman–Crippen LogP) is 2.16. The number of nitrogens with one attached hydrogen (secondary N) is 1. The summed E-state index contributed by atoms with van der Waals surface area (Å²) in [6.07, 6.45) is 0.817. The van der Waals surface area contributed by atoms with Crippen LogP contribution in [0, 0.1) is 0 Å². The first-order chi connectivity index (χ1) is 15.7. The molecule has 0 bridgehead atoms. The maximum absolute atomic E-state index is 12.2. The maximum atomic E-state index is 12.2. The van der Waals surface area contributed by atoms with Gasteiger partial charge in [0.05, 0.1) is 12.6 Å². The van der Waals surface area contributed by atoms with Gasteiger partial charge in [-0.3, -0.25) is 14.6 Å². The number of hydrogen-bond donors (Lipinski definition) is 2. The molecule has 2 aliphatic rings. The van der Waals surface area contributed by atoms with E-state index in [1.807, 2.05) is 12.1 Å². The van der Waals surface area contributed by atoms with Crippen molar-refractivity contribution in [3.8, 4) is 11.5 Å². The number of amides is 1. The highest BCUT2D eigenvalue weighted by atomic mass is 16.5. The Morgan fingerprint density at radius 2 is 1.94 bits per heavy atom. The molecule has 1 saturated heterocycles. The Balaban J connectivity index is 1.42. The molecule has 2 aromatic rings. The van der Waals surface area contributed by atoms with E-state index in [1.165, 1.54) is 16.7 Å². The van der Waals surface area contributed by atoms with Crippen LogP contribution in [0.1, 0.15) is 30.0 Å². The van der Waals surface area contributed by atoms with Crippen LogP contribution in [0.25, 0.3) is 0 Å². The number of nitrogens with zero attached hydrogens (tertiary/aromatic N) is 2. The van der Waals surface area contributed by atoms with Gasteiger partial charge in [0, 0.05) is 44.8 Å². The lowest BCUT2D eigenvalue weighted by atomic mass is 10.1. The zero-order chi connectivity index (χ0) is 22.3. The molecule has 1 fully saturated rings. The molecule has 0 aliphatic carbocycles. The van der Waals surface area contributed by atoms with Crippen molar-refractivity contribution in [1.82, 2.24) is 15.1 Å². The van der Waals surface area contributed by atoms with Crippen LogP contribution >= 0.6 is 0 Å². The molecule has 2 N–H and O–H groups in total. The number of aliphatic hydroxyl groups is 1. The Kier molecular flexibility index (Phi) is 7.63. The monoisotopic (exact) mass is 439 g/mol. The minimum Gasteiger partial charge on any atom is -0.492 e. The van der Waals surface area contributed by atoms with E-state index in [-0.39, 0.29) is 18.6 Å². The number of aliphatic hydroxyl groups excluding tert-OH is 1. The molecule has 1 unspecified atom stereocenters. The molecule has 2 aromatic carbocycles. The summed E-state index contributed by atoms with van der Waals surface area (Å²) < 4.78 is 11.5. The average Bonchev–Trinajstić information content (AvgIpc) is 3.00. The summed E-state index contributed by atoms with van der Waals surface area (Å²) in [5.41, 5.74) is 3.62. The van der Waals surface area contributed by atoms with E-state index in [0.29, 0.717) is 19.8 Å². The van der Waals surface area contributed by atoms with Crippen molar-refractivity contribution in [2.45, 2.75) is 39.0 Å². The van der Waals surface area contributed by atoms with Crippen molar-refractivity contribution in [3.63, 3.8) is 0 Å².